The minimum absolute atomic E-state index is 0.0786. The van der Waals surface area contributed by atoms with Crippen molar-refractivity contribution in [2.24, 2.45) is 0 Å². The summed E-state index contributed by atoms with van der Waals surface area (Å²) in [4.78, 5) is 11.5. The first-order valence-corrected chi connectivity index (χ1v) is 10.7. The van der Waals surface area contributed by atoms with Crippen LogP contribution in [0.5, 0.6) is 0 Å². The Morgan fingerprint density at radius 1 is 0.680 bits per heavy atom. The second-order valence-corrected chi connectivity index (χ2v) is 6.81. The average molecular weight is 355 g/mol. The number of hydrogen-bond acceptors (Lipinski definition) is 3. The Hall–Kier alpha value is -0.830. The third kappa shape index (κ3) is 21.1. The van der Waals surface area contributed by atoms with Crippen molar-refractivity contribution in [2.75, 3.05) is 19.8 Å². The highest BCUT2D eigenvalue weighted by atomic mass is 16.6. The van der Waals surface area contributed by atoms with E-state index in [1.54, 1.807) is 0 Å². The Labute approximate surface area is 156 Å². The van der Waals surface area contributed by atoms with Crippen molar-refractivity contribution in [1.29, 1.82) is 0 Å². The standard InChI is InChI=1S/C22H42O3/c1-3-5-7-8-9-10-11-12-13-14-15-16-17-18-22(23)25-21-20-24-19-6-4-2/h10-11H,3-9,12-21H2,1-2H3. The average Bonchev–Trinajstić information content (AvgIpc) is 2.62. The summed E-state index contributed by atoms with van der Waals surface area (Å²) in [5, 5.41) is 0. The molecule has 0 rings (SSSR count). The maximum absolute atomic E-state index is 11.5. The van der Waals surface area contributed by atoms with E-state index in [1.165, 1.54) is 57.8 Å². The SMILES string of the molecule is CCCCCCC=CCCCCCCCC(=O)OCCOCCCC. The predicted molar refractivity (Wildman–Crippen MR) is 107 cm³/mol. The lowest BCUT2D eigenvalue weighted by Gasteiger charge is -2.05. The molecule has 148 valence electrons. The largest absolute Gasteiger partial charge is 0.463 e. The third-order valence-electron chi connectivity index (χ3n) is 4.28. The molecule has 0 aliphatic rings. The van der Waals surface area contributed by atoms with Crippen LogP contribution in [0.15, 0.2) is 12.2 Å². The Kier molecular flexibility index (Phi) is 20.5. The summed E-state index contributed by atoms with van der Waals surface area (Å²) in [6, 6.07) is 0. The van der Waals surface area contributed by atoms with E-state index in [2.05, 4.69) is 26.0 Å². The van der Waals surface area contributed by atoms with E-state index in [1.807, 2.05) is 0 Å². The molecule has 0 amide bonds. The summed E-state index contributed by atoms with van der Waals surface area (Å²) in [6.45, 7) is 6.08. The molecule has 0 atom stereocenters. The van der Waals surface area contributed by atoms with Crippen LogP contribution in [-0.2, 0) is 14.3 Å². The van der Waals surface area contributed by atoms with Crippen LogP contribution < -0.4 is 0 Å². The highest BCUT2D eigenvalue weighted by Crippen LogP contribution is 2.09. The van der Waals surface area contributed by atoms with Gasteiger partial charge in [-0.05, 0) is 38.5 Å². The van der Waals surface area contributed by atoms with Gasteiger partial charge in [0.2, 0.25) is 0 Å². The normalized spacial score (nSPS) is 11.3. The van der Waals surface area contributed by atoms with Gasteiger partial charge in [-0.1, -0.05) is 70.9 Å². The van der Waals surface area contributed by atoms with Crippen molar-refractivity contribution in [3.63, 3.8) is 0 Å². The summed E-state index contributed by atoms with van der Waals surface area (Å²) in [6.07, 6.45) is 21.1. The number of hydrogen-bond donors (Lipinski definition) is 0. The molecule has 0 fully saturated rings. The summed E-state index contributed by atoms with van der Waals surface area (Å²) in [7, 11) is 0. The highest BCUT2D eigenvalue weighted by Gasteiger charge is 2.02. The molecule has 0 aliphatic heterocycles. The molecule has 3 heteroatoms. The Morgan fingerprint density at radius 2 is 1.28 bits per heavy atom. The van der Waals surface area contributed by atoms with Crippen LogP contribution in [0.4, 0.5) is 0 Å². The molecule has 0 N–H and O–H groups in total. The van der Waals surface area contributed by atoms with E-state index < -0.39 is 0 Å². The van der Waals surface area contributed by atoms with Gasteiger partial charge in [-0.25, -0.2) is 0 Å². The zero-order valence-corrected chi connectivity index (χ0v) is 16.9. The molecule has 0 aromatic carbocycles. The lowest BCUT2D eigenvalue weighted by Crippen LogP contribution is -2.10. The molecule has 0 saturated heterocycles. The maximum atomic E-state index is 11.5. The van der Waals surface area contributed by atoms with Crippen molar-refractivity contribution in [3.8, 4) is 0 Å². The van der Waals surface area contributed by atoms with Crippen LogP contribution in [0, 0.1) is 0 Å². The lowest BCUT2D eigenvalue weighted by atomic mass is 10.1. The summed E-state index contributed by atoms with van der Waals surface area (Å²) in [5.41, 5.74) is 0. The molecule has 0 radical (unpaired) electrons. The Bertz CT molecular complexity index is 300. The van der Waals surface area contributed by atoms with Gasteiger partial charge in [-0.2, -0.15) is 0 Å². The van der Waals surface area contributed by atoms with Crippen LogP contribution in [0.2, 0.25) is 0 Å². The van der Waals surface area contributed by atoms with Gasteiger partial charge in [0.05, 0.1) is 6.61 Å². The molecule has 3 nitrogen and oxygen atoms in total. The smallest absolute Gasteiger partial charge is 0.305 e. The fraction of sp³-hybridized carbons (Fsp3) is 0.864. The monoisotopic (exact) mass is 354 g/mol. The first-order chi connectivity index (χ1) is 12.3. The molecule has 25 heavy (non-hydrogen) atoms. The minimum Gasteiger partial charge on any atom is -0.463 e. The van der Waals surface area contributed by atoms with E-state index >= 15 is 0 Å². The first-order valence-electron chi connectivity index (χ1n) is 10.7. The lowest BCUT2D eigenvalue weighted by molar-refractivity contribution is -0.145. The summed E-state index contributed by atoms with van der Waals surface area (Å²) >= 11 is 0. The second kappa shape index (κ2) is 21.2. The molecule has 0 bridgehead atoms. The molecule has 0 aromatic heterocycles. The van der Waals surface area contributed by atoms with Crippen LogP contribution in [0.1, 0.15) is 104 Å². The Morgan fingerprint density at radius 3 is 1.96 bits per heavy atom. The zero-order valence-electron chi connectivity index (χ0n) is 16.9. The van der Waals surface area contributed by atoms with Crippen molar-refractivity contribution >= 4 is 5.97 Å². The van der Waals surface area contributed by atoms with Crippen molar-refractivity contribution in [3.05, 3.63) is 12.2 Å². The zero-order chi connectivity index (χ0) is 18.4. The summed E-state index contributed by atoms with van der Waals surface area (Å²) < 4.78 is 10.5. The van der Waals surface area contributed by atoms with Crippen molar-refractivity contribution in [2.45, 2.75) is 104 Å². The van der Waals surface area contributed by atoms with Gasteiger partial charge in [0.25, 0.3) is 0 Å². The Balaban J connectivity index is 3.19. The third-order valence-corrected chi connectivity index (χ3v) is 4.28. The van der Waals surface area contributed by atoms with E-state index in [0.717, 1.165) is 32.3 Å². The molecule has 0 unspecified atom stereocenters. The van der Waals surface area contributed by atoms with Crippen LogP contribution in [0.25, 0.3) is 0 Å². The number of allylic oxidation sites excluding steroid dienone is 2. The quantitative estimate of drug-likeness (QED) is 0.149. The number of unbranched alkanes of at least 4 members (excludes halogenated alkanes) is 10. The maximum Gasteiger partial charge on any atom is 0.305 e. The molecule has 0 aromatic rings. The molecule has 0 heterocycles. The molecule has 0 spiro atoms. The van der Waals surface area contributed by atoms with E-state index in [0.29, 0.717) is 19.6 Å². The van der Waals surface area contributed by atoms with Gasteiger partial charge < -0.3 is 9.47 Å². The molecular formula is C22H42O3. The van der Waals surface area contributed by atoms with Gasteiger partial charge in [0.15, 0.2) is 0 Å². The first kappa shape index (κ1) is 24.2. The number of carbonyl (C=O) groups excluding carboxylic acids is 1. The van der Waals surface area contributed by atoms with Crippen LogP contribution in [0.3, 0.4) is 0 Å². The number of carbonyl (C=O) groups is 1. The second-order valence-electron chi connectivity index (χ2n) is 6.81. The predicted octanol–water partition coefficient (Wildman–Crippen LogP) is 6.60. The summed E-state index contributed by atoms with van der Waals surface area (Å²) in [5.74, 6) is -0.0786. The topological polar surface area (TPSA) is 35.5 Å². The van der Waals surface area contributed by atoms with Gasteiger partial charge in [-0.3, -0.25) is 4.79 Å². The van der Waals surface area contributed by atoms with E-state index in [-0.39, 0.29) is 5.97 Å². The molecule has 0 aliphatic carbocycles. The van der Waals surface area contributed by atoms with Gasteiger partial charge >= 0.3 is 5.97 Å². The van der Waals surface area contributed by atoms with Gasteiger partial charge in [0, 0.05) is 13.0 Å². The van der Waals surface area contributed by atoms with Crippen molar-refractivity contribution in [1.82, 2.24) is 0 Å². The molecule has 0 saturated carbocycles. The number of ether oxygens (including phenoxy) is 2. The highest BCUT2D eigenvalue weighted by molar-refractivity contribution is 5.69. The fourth-order valence-corrected chi connectivity index (χ4v) is 2.62. The molecular weight excluding hydrogens is 312 g/mol. The van der Waals surface area contributed by atoms with Gasteiger partial charge in [0.1, 0.15) is 6.61 Å². The van der Waals surface area contributed by atoms with Gasteiger partial charge in [-0.15, -0.1) is 0 Å². The minimum atomic E-state index is -0.0786. The fourth-order valence-electron chi connectivity index (χ4n) is 2.62. The van der Waals surface area contributed by atoms with E-state index in [4.69, 9.17) is 9.47 Å². The number of rotatable bonds is 19. The van der Waals surface area contributed by atoms with E-state index in [9.17, 15) is 4.79 Å². The van der Waals surface area contributed by atoms with Crippen molar-refractivity contribution < 1.29 is 14.3 Å². The van der Waals surface area contributed by atoms with Crippen LogP contribution in [-0.4, -0.2) is 25.8 Å². The van der Waals surface area contributed by atoms with Crippen LogP contribution >= 0.6 is 0 Å². The number of esters is 1.